The van der Waals surface area contributed by atoms with E-state index in [9.17, 15) is 0 Å². The standard InChI is InChI=1S/C9H15N3/c1-4-7-5-11-12-9(6(2)3)8(7)10/h5-6H,4H2,1-3H3,(H2,10,11). The lowest BCUT2D eigenvalue weighted by Gasteiger charge is -2.09. The minimum Gasteiger partial charge on any atom is -0.397 e. The molecule has 0 saturated carbocycles. The smallest absolute Gasteiger partial charge is 0.0887 e. The van der Waals surface area contributed by atoms with Crippen LogP contribution in [0.15, 0.2) is 6.20 Å². The van der Waals surface area contributed by atoms with E-state index >= 15 is 0 Å². The first-order chi connectivity index (χ1) is 5.66. The van der Waals surface area contributed by atoms with E-state index in [2.05, 4.69) is 31.0 Å². The van der Waals surface area contributed by atoms with Crippen molar-refractivity contribution in [2.75, 3.05) is 5.73 Å². The van der Waals surface area contributed by atoms with Gasteiger partial charge in [-0.2, -0.15) is 10.2 Å². The van der Waals surface area contributed by atoms with Crippen molar-refractivity contribution in [3.63, 3.8) is 0 Å². The highest BCUT2D eigenvalue weighted by molar-refractivity contribution is 5.50. The van der Waals surface area contributed by atoms with Crippen molar-refractivity contribution in [1.29, 1.82) is 0 Å². The van der Waals surface area contributed by atoms with Gasteiger partial charge >= 0.3 is 0 Å². The highest BCUT2D eigenvalue weighted by Crippen LogP contribution is 2.21. The van der Waals surface area contributed by atoms with E-state index < -0.39 is 0 Å². The molecule has 1 rings (SSSR count). The fraction of sp³-hybridized carbons (Fsp3) is 0.556. The molecule has 1 heterocycles. The number of nitrogens with two attached hydrogens (primary N) is 1. The van der Waals surface area contributed by atoms with Gasteiger partial charge in [-0.1, -0.05) is 20.8 Å². The summed E-state index contributed by atoms with van der Waals surface area (Å²) in [6.07, 6.45) is 2.66. The number of rotatable bonds is 2. The summed E-state index contributed by atoms with van der Waals surface area (Å²) in [6.45, 7) is 6.21. The second kappa shape index (κ2) is 3.52. The van der Waals surface area contributed by atoms with Crippen LogP contribution < -0.4 is 5.73 Å². The van der Waals surface area contributed by atoms with Crippen molar-refractivity contribution < 1.29 is 0 Å². The monoisotopic (exact) mass is 165 g/mol. The fourth-order valence-corrected chi connectivity index (χ4v) is 1.16. The highest BCUT2D eigenvalue weighted by Gasteiger charge is 2.08. The van der Waals surface area contributed by atoms with Gasteiger partial charge in [-0.3, -0.25) is 0 Å². The summed E-state index contributed by atoms with van der Waals surface area (Å²) in [5.41, 5.74) is 8.70. The maximum absolute atomic E-state index is 5.89. The Morgan fingerprint density at radius 2 is 2.17 bits per heavy atom. The van der Waals surface area contributed by atoms with Crippen LogP contribution in [0.25, 0.3) is 0 Å². The minimum absolute atomic E-state index is 0.351. The van der Waals surface area contributed by atoms with Crippen molar-refractivity contribution in [3.05, 3.63) is 17.5 Å². The molecule has 0 aliphatic carbocycles. The number of nitrogen functional groups attached to an aromatic ring is 1. The summed E-state index contributed by atoms with van der Waals surface area (Å²) in [6, 6.07) is 0. The van der Waals surface area contributed by atoms with Crippen molar-refractivity contribution in [3.8, 4) is 0 Å². The molecular weight excluding hydrogens is 150 g/mol. The summed E-state index contributed by atoms with van der Waals surface area (Å²) in [5.74, 6) is 0.351. The van der Waals surface area contributed by atoms with Crippen LogP contribution in [0.3, 0.4) is 0 Å². The molecule has 3 heteroatoms. The zero-order valence-electron chi connectivity index (χ0n) is 7.83. The molecule has 0 amide bonds. The van der Waals surface area contributed by atoms with Crippen LogP contribution in [0.1, 0.15) is 37.9 Å². The molecule has 0 spiro atoms. The van der Waals surface area contributed by atoms with Crippen molar-refractivity contribution in [2.24, 2.45) is 0 Å². The summed E-state index contributed by atoms with van der Waals surface area (Å²) in [4.78, 5) is 0. The fourth-order valence-electron chi connectivity index (χ4n) is 1.16. The molecule has 0 saturated heterocycles. The normalized spacial score (nSPS) is 10.7. The van der Waals surface area contributed by atoms with Gasteiger partial charge in [0.15, 0.2) is 0 Å². The van der Waals surface area contributed by atoms with Gasteiger partial charge in [-0.25, -0.2) is 0 Å². The number of nitrogens with zero attached hydrogens (tertiary/aromatic N) is 2. The van der Waals surface area contributed by atoms with Crippen LogP contribution in [0, 0.1) is 0 Å². The van der Waals surface area contributed by atoms with E-state index in [-0.39, 0.29) is 0 Å². The van der Waals surface area contributed by atoms with Crippen molar-refractivity contribution >= 4 is 5.69 Å². The average molecular weight is 165 g/mol. The van der Waals surface area contributed by atoms with Crippen LogP contribution in [0.4, 0.5) is 5.69 Å². The number of hydrogen-bond acceptors (Lipinski definition) is 3. The van der Waals surface area contributed by atoms with Gasteiger partial charge in [0.25, 0.3) is 0 Å². The molecule has 0 bridgehead atoms. The van der Waals surface area contributed by atoms with Gasteiger partial charge in [0.05, 0.1) is 17.6 Å². The second-order valence-corrected chi connectivity index (χ2v) is 3.18. The average Bonchev–Trinajstić information content (AvgIpc) is 2.04. The zero-order chi connectivity index (χ0) is 9.14. The Kier molecular flexibility index (Phi) is 2.63. The summed E-state index contributed by atoms with van der Waals surface area (Å²) in [7, 11) is 0. The maximum atomic E-state index is 5.89. The number of aryl methyl sites for hydroxylation is 1. The Bertz CT molecular complexity index is 268. The Hall–Kier alpha value is -1.12. The van der Waals surface area contributed by atoms with Gasteiger partial charge in [-0.05, 0) is 17.9 Å². The first kappa shape index (κ1) is 8.97. The summed E-state index contributed by atoms with van der Waals surface area (Å²) >= 11 is 0. The largest absolute Gasteiger partial charge is 0.397 e. The summed E-state index contributed by atoms with van der Waals surface area (Å²) < 4.78 is 0. The predicted octanol–water partition coefficient (Wildman–Crippen LogP) is 1.74. The lowest BCUT2D eigenvalue weighted by molar-refractivity contribution is 0.782. The number of aromatic nitrogens is 2. The van der Waals surface area contributed by atoms with E-state index in [1.807, 2.05) is 0 Å². The minimum atomic E-state index is 0.351. The van der Waals surface area contributed by atoms with Gasteiger partial charge < -0.3 is 5.73 Å². The van der Waals surface area contributed by atoms with Crippen LogP contribution in [-0.4, -0.2) is 10.2 Å². The predicted molar refractivity (Wildman–Crippen MR) is 49.9 cm³/mol. The van der Waals surface area contributed by atoms with Gasteiger partial charge in [-0.15, -0.1) is 0 Å². The molecule has 0 unspecified atom stereocenters. The quantitative estimate of drug-likeness (QED) is 0.726. The first-order valence-corrected chi connectivity index (χ1v) is 4.26. The Labute approximate surface area is 73.0 Å². The first-order valence-electron chi connectivity index (χ1n) is 4.26. The van der Waals surface area contributed by atoms with Crippen LogP contribution in [-0.2, 0) is 6.42 Å². The van der Waals surface area contributed by atoms with Crippen LogP contribution >= 0.6 is 0 Å². The summed E-state index contributed by atoms with van der Waals surface area (Å²) in [5, 5.41) is 7.92. The molecule has 3 nitrogen and oxygen atoms in total. The van der Waals surface area contributed by atoms with E-state index in [0.717, 1.165) is 23.4 Å². The second-order valence-electron chi connectivity index (χ2n) is 3.18. The van der Waals surface area contributed by atoms with E-state index in [0.29, 0.717) is 5.92 Å². The Balaban J connectivity index is 3.14. The molecule has 0 aliphatic rings. The lowest BCUT2D eigenvalue weighted by atomic mass is 10.1. The molecule has 0 aromatic carbocycles. The van der Waals surface area contributed by atoms with Crippen molar-refractivity contribution in [1.82, 2.24) is 10.2 Å². The Morgan fingerprint density at radius 1 is 1.50 bits per heavy atom. The van der Waals surface area contributed by atoms with Crippen LogP contribution in [0.5, 0.6) is 0 Å². The lowest BCUT2D eigenvalue weighted by Crippen LogP contribution is -2.05. The van der Waals surface area contributed by atoms with Crippen LogP contribution in [0.2, 0.25) is 0 Å². The van der Waals surface area contributed by atoms with E-state index in [4.69, 9.17) is 5.73 Å². The molecule has 12 heavy (non-hydrogen) atoms. The third-order valence-corrected chi connectivity index (χ3v) is 1.93. The third kappa shape index (κ3) is 1.55. The molecule has 2 N–H and O–H groups in total. The van der Waals surface area contributed by atoms with Gasteiger partial charge in [0.2, 0.25) is 0 Å². The molecule has 0 radical (unpaired) electrons. The number of anilines is 1. The Morgan fingerprint density at radius 3 is 2.67 bits per heavy atom. The zero-order valence-corrected chi connectivity index (χ0v) is 7.83. The van der Waals surface area contributed by atoms with E-state index in [1.165, 1.54) is 0 Å². The molecule has 1 aromatic heterocycles. The van der Waals surface area contributed by atoms with Gasteiger partial charge in [0, 0.05) is 0 Å². The molecular formula is C9H15N3. The van der Waals surface area contributed by atoms with Crippen molar-refractivity contribution in [2.45, 2.75) is 33.1 Å². The molecule has 1 aromatic rings. The molecule has 0 fully saturated rings. The molecule has 0 atom stereocenters. The SMILES string of the molecule is CCc1cnnc(C(C)C)c1N. The maximum Gasteiger partial charge on any atom is 0.0887 e. The highest BCUT2D eigenvalue weighted by atomic mass is 15.1. The molecule has 0 aliphatic heterocycles. The molecule has 66 valence electrons. The third-order valence-electron chi connectivity index (χ3n) is 1.93. The van der Waals surface area contributed by atoms with E-state index in [1.54, 1.807) is 6.20 Å². The van der Waals surface area contributed by atoms with Gasteiger partial charge in [0.1, 0.15) is 0 Å². The topological polar surface area (TPSA) is 51.8 Å². The number of hydrogen-bond donors (Lipinski definition) is 1.